The van der Waals surface area contributed by atoms with E-state index in [0.29, 0.717) is 16.8 Å². The molecule has 4 aromatic carbocycles. The van der Waals surface area contributed by atoms with Crippen LogP contribution >= 0.6 is 0 Å². The third-order valence-corrected chi connectivity index (χ3v) is 6.19. The monoisotopic (exact) mass is 603 g/mol. The van der Waals surface area contributed by atoms with Crippen LogP contribution in [0.2, 0.25) is 0 Å². The van der Waals surface area contributed by atoms with Gasteiger partial charge in [-0.25, -0.2) is 4.79 Å². The topological polar surface area (TPSA) is 129 Å². The summed E-state index contributed by atoms with van der Waals surface area (Å²) in [5, 5.41) is 20.2. The number of alkyl halides is 3. The maximum Gasteiger partial charge on any atom is 0.573 e. The smallest absolute Gasteiger partial charge is 0.481 e. The average Bonchev–Trinajstić information content (AvgIpc) is 3.00. The van der Waals surface area contributed by atoms with Crippen molar-refractivity contribution in [1.29, 1.82) is 5.26 Å². The van der Waals surface area contributed by atoms with Crippen molar-refractivity contribution in [3.8, 4) is 28.7 Å². The van der Waals surface area contributed by atoms with Gasteiger partial charge in [0.25, 0.3) is 5.91 Å². The van der Waals surface area contributed by atoms with Crippen molar-refractivity contribution < 1.29 is 42.1 Å². The zero-order valence-electron chi connectivity index (χ0n) is 22.9. The molecule has 0 fully saturated rings. The van der Waals surface area contributed by atoms with Gasteiger partial charge >= 0.3 is 18.4 Å². The molecule has 0 aliphatic heterocycles. The zero-order chi connectivity index (χ0) is 31.7. The number of rotatable bonds is 10. The summed E-state index contributed by atoms with van der Waals surface area (Å²) in [6, 6.07) is 26.6. The highest BCUT2D eigenvalue weighted by Gasteiger charge is 2.31. The highest BCUT2D eigenvalue weighted by molar-refractivity contribution is 5.95. The van der Waals surface area contributed by atoms with Gasteiger partial charge in [0.05, 0.1) is 24.6 Å². The second-order valence-corrected chi connectivity index (χ2v) is 9.31. The SMILES string of the molecule is N#Cc1ccc(-c2ccc(OC(=O)N(Cc3ccc(OC(F)(F)F)cc3)c3ccc(C(=O)NCCC(=O)O)cc3)cc2)cc1. The molecule has 0 aliphatic rings. The third kappa shape index (κ3) is 8.83. The van der Waals surface area contributed by atoms with Crippen molar-refractivity contribution in [2.75, 3.05) is 11.4 Å². The number of carboxylic acids is 1. The molecule has 0 unspecified atom stereocenters. The van der Waals surface area contributed by atoms with Crippen LogP contribution in [0.25, 0.3) is 11.1 Å². The van der Waals surface area contributed by atoms with Gasteiger partial charge in [0.15, 0.2) is 0 Å². The number of amides is 2. The molecule has 0 aromatic heterocycles. The van der Waals surface area contributed by atoms with Crippen LogP contribution in [0, 0.1) is 11.3 Å². The number of carbonyl (C=O) groups is 3. The molecule has 9 nitrogen and oxygen atoms in total. The van der Waals surface area contributed by atoms with E-state index in [2.05, 4.69) is 16.1 Å². The highest BCUT2D eigenvalue weighted by atomic mass is 19.4. The summed E-state index contributed by atoms with van der Waals surface area (Å²) >= 11 is 0. The summed E-state index contributed by atoms with van der Waals surface area (Å²) in [5.74, 6) is -1.76. The first-order chi connectivity index (χ1) is 21.0. The van der Waals surface area contributed by atoms with Crippen molar-refractivity contribution in [1.82, 2.24) is 5.32 Å². The fourth-order valence-electron chi connectivity index (χ4n) is 4.03. The number of nitrogens with zero attached hydrogens (tertiary/aromatic N) is 2. The van der Waals surface area contributed by atoms with Crippen LogP contribution < -0.4 is 19.7 Å². The second-order valence-electron chi connectivity index (χ2n) is 9.31. The summed E-state index contributed by atoms with van der Waals surface area (Å²) < 4.78 is 47.2. The molecule has 0 atom stereocenters. The van der Waals surface area contributed by atoms with Crippen LogP contribution in [0.5, 0.6) is 11.5 Å². The lowest BCUT2D eigenvalue weighted by atomic mass is 10.0. The van der Waals surface area contributed by atoms with Gasteiger partial charge in [-0.15, -0.1) is 13.2 Å². The quantitative estimate of drug-likeness (QED) is 0.211. The van der Waals surface area contributed by atoms with E-state index < -0.39 is 30.1 Å². The van der Waals surface area contributed by atoms with Gasteiger partial charge < -0.3 is 19.9 Å². The van der Waals surface area contributed by atoms with Gasteiger partial charge in [-0.05, 0) is 77.4 Å². The molecule has 0 saturated carbocycles. The number of carboxylic acid groups (broad SMARTS) is 1. The van der Waals surface area contributed by atoms with E-state index >= 15 is 0 Å². The molecule has 4 rings (SSSR count). The molecule has 44 heavy (non-hydrogen) atoms. The van der Waals surface area contributed by atoms with E-state index in [1.807, 2.05) is 0 Å². The summed E-state index contributed by atoms with van der Waals surface area (Å²) in [7, 11) is 0. The standard InChI is InChI=1S/C32H24F3N3O6/c33-32(34,35)44-28-13-3-22(4-14-28)20-38(26-11-7-25(8-12-26)30(41)37-18-17-29(39)40)31(42)43-27-15-9-24(10-16-27)23-5-1-21(19-36)2-6-23/h1-16H,17-18,20H2,(H,37,41)(H,39,40). The molecule has 0 heterocycles. The summed E-state index contributed by atoms with van der Waals surface area (Å²) in [6.07, 6.45) is -5.90. The minimum Gasteiger partial charge on any atom is -0.481 e. The molecule has 0 bridgehead atoms. The van der Waals surface area contributed by atoms with Gasteiger partial charge in [-0.1, -0.05) is 36.4 Å². The lowest BCUT2D eigenvalue weighted by Crippen LogP contribution is -2.33. The molecule has 0 saturated heterocycles. The van der Waals surface area contributed by atoms with Crippen molar-refractivity contribution >= 4 is 23.7 Å². The van der Waals surface area contributed by atoms with Crippen LogP contribution in [-0.2, 0) is 11.3 Å². The average molecular weight is 604 g/mol. The minimum absolute atomic E-state index is 0.0631. The second kappa shape index (κ2) is 13.9. The first kappa shape index (κ1) is 31.1. The molecule has 12 heteroatoms. The van der Waals surface area contributed by atoms with Crippen LogP contribution in [0.15, 0.2) is 97.1 Å². The van der Waals surface area contributed by atoms with Gasteiger partial charge in [-0.2, -0.15) is 5.26 Å². The fraction of sp³-hybridized carbons (Fsp3) is 0.125. The Morgan fingerprint density at radius 2 is 1.39 bits per heavy atom. The molecule has 0 aliphatic carbocycles. The molecule has 4 aromatic rings. The van der Waals surface area contributed by atoms with Crippen molar-refractivity contribution in [2.24, 2.45) is 0 Å². The number of carbonyl (C=O) groups excluding carboxylic acids is 2. The van der Waals surface area contributed by atoms with Crippen molar-refractivity contribution in [2.45, 2.75) is 19.3 Å². The first-order valence-corrected chi connectivity index (χ1v) is 13.1. The van der Waals surface area contributed by atoms with E-state index in [1.54, 1.807) is 48.5 Å². The normalized spacial score (nSPS) is 10.8. The predicted molar refractivity (Wildman–Crippen MR) is 153 cm³/mol. The first-order valence-electron chi connectivity index (χ1n) is 13.1. The maximum absolute atomic E-state index is 13.4. The van der Waals surface area contributed by atoms with Crippen molar-refractivity contribution in [3.63, 3.8) is 0 Å². The zero-order valence-corrected chi connectivity index (χ0v) is 22.9. The number of aliphatic carboxylic acids is 1. The van der Waals surface area contributed by atoms with Crippen LogP contribution in [-0.4, -0.2) is 36.0 Å². The van der Waals surface area contributed by atoms with E-state index in [1.165, 1.54) is 41.3 Å². The minimum atomic E-state index is -4.85. The molecular weight excluding hydrogens is 579 g/mol. The lowest BCUT2D eigenvalue weighted by Gasteiger charge is -2.23. The van der Waals surface area contributed by atoms with E-state index in [9.17, 15) is 27.6 Å². The molecule has 0 spiro atoms. The maximum atomic E-state index is 13.4. The molecule has 2 amide bonds. The van der Waals surface area contributed by atoms with Gasteiger partial charge in [0.2, 0.25) is 0 Å². The number of benzene rings is 4. The summed E-state index contributed by atoms with van der Waals surface area (Å²) in [6.45, 7) is -0.162. The Morgan fingerprint density at radius 3 is 1.93 bits per heavy atom. The molecular formula is C32H24F3N3O6. The Hall–Kier alpha value is -5.83. The number of anilines is 1. The largest absolute Gasteiger partial charge is 0.573 e. The Morgan fingerprint density at radius 1 is 0.818 bits per heavy atom. The summed E-state index contributed by atoms with van der Waals surface area (Å²) in [4.78, 5) is 37.7. The van der Waals surface area contributed by atoms with Gasteiger partial charge in [0.1, 0.15) is 11.5 Å². The third-order valence-electron chi connectivity index (χ3n) is 6.19. The Kier molecular flexibility index (Phi) is 9.82. The Balaban J connectivity index is 1.53. The predicted octanol–water partition coefficient (Wildman–Crippen LogP) is 6.53. The number of ether oxygens (including phenoxy) is 2. The van der Waals surface area contributed by atoms with Crippen LogP contribution in [0.1, 0.15) is 27.9 Å². The fourth-order valence-corrected chi connectivity index (χ4v) is 4.03. The van der Waals surface area contributed by atoms with E-state index in [0.717, 1.165) is 23.3 Å². The number of nitriles is 1. The lowest BCUT2D eigenvalue weighted by molar-refractivity contribution is -0.274. The molecule has 0 radical (unpaired) electrons. The van der Waals surface area contributed by atoms with E-state index in [-0.39, 0.29) is 30.8 Å². The number of hydrogen-bond acceptors (Lipinski definition) is 6. The Labute approximate surface area is 249 Å². The molecule has 2 N–H and O–H groups in total. The Bertz CT molecular complexity index is 1650. The van der Waals surface area contributed by atoms with Crippen LogP contribution in [0.3, 0.4) is 0 Å². The van der Waals surface area contributed by atoms with Crippen molar-refractivity contribution in [3.05, 3.63) is 114 Å². The summed E-state index contributed by atoms with van der Waals surface area (Å²) in [5.41, 5.74) is 3.20. The van der Waals surface area contributed by atoms with Gasteiger partial charge in [0, 0.05) is 17.8 Å². The van der Waals surface area contributed by atoms with Crippen LogP contribution in [0.4, 0.5) is 23.7 Å². The number of hydrogen-bond donors (Lipinski definition) is 2. The highest BCUT2D eigenvalue weighted by Crippen LogP contribution is 2.27. The number of halogens is 3. The van der Waals surface area contributed by atoms with Gasteiger partial charge in [-0.3, -0.25) is 14.5 Å². The molecule has 224 valence electrons. The van der Waals surface area contributed by atoms with E-state index in [4.69, 9.17) is 15.1 Å². The number of nitrogens with one attached hydrogen (secondary N) is 1.